The molecule has 0 bridgehead atoms. The average molecular weight is 285 g/mol. The summed E-state index contributed by atoms with van der Waals surface area (Å²) in [5.41, 5.74) is 0.958. The molecule has 1 rings (SSSR count). The molecule has 0 aromatic carbocycles. The van der Waals surface area contributed by atoms with Crippen LogP contribution in [0.5, 0.6) is 0 Å². The van der Waals surface area contributed by atoms with Gasteiger partial charge in [0.1, 0.15) is 0 Å². The first-order valence-corrected chi connectivity index (χ1v) is 7.06. The van der Waals surface area contributed by atoms with Gasteiger partial charge in [0.2, 0.25) is 0 Å². The van der Waals surface area contributed by atoms with E-state index < -0.39 is 11.9 Å². The van der Waals surface area contributed by atoms with Crippen LogP contribution in [0.2, 0.25) is 0 Å². The molecule has 1 aromatic heterocycles. The topological polar surface area (TPSA) is 91.3 Å². The van der Waals surface area contributed by atoms with Crippen LogP contribution in [-0.4, -0.2) is 35.2 Å². The first-order valence-electron chi connectivity index (χ1n) is 6.18. The number of rotatable bonds is 7. The number of carboxylic acids is 1. The van der Waals surface area contributed by atoms with Crippen LogP contribution in [0.3, 0.4) is 0 Å². The molecule has 0 fully saturated rings. The summed E-state index contributed by atoms with van der Waals surface area (Å²) in [5.74, 6) is -1.42. The van der Waals surface area contributed by atoms with Gasteiger partial charge >= 0.3 is 12.0 Å². The molecule has 7 heteroatoms. The van der Waals surface area contributed by atoms with Gasteiger partial charge in [-0.05, 0) is 13.3 Å². The number of hydrogen-bond acceptors (Lipinski definition) is 4. The van der Waals surface area contributed by atoms with Crippen LogP contribution in [0.1, 0.15) is 24.0 Å². The number of aliphatic carboxylic acids is 1. The van der Waals surface area contributed by atoms with Crippen molar-refractivity contribution in [2.75, 3.05) is 13.1 Å². The van der Waals surface area contributed by atoms with Gasteiger partial charge in [0.05, 0.1) is 16.6 Å². The zero-order valence-corrected chi connectivity index (χ0v) is 11.9. The van der Waals surface area contributed by atoms with Gasteiger partial charge in [-0.2, -0.15) is 0 Å². The van der Waals surface area contributed by atoms with Crippen LogP contribution in [0.15, 0.2) is 5.38 Å². The zero-order valence-electron chi connectivity index (χ0n) is 11.1. The Morgan fingerprint density at radius 3 is 2.74 bits per heavy atom. The molecule has 0 spiro atoms. The number of carbonyl (C=O) groups excluding carboxylic acids is 1. The lowest BCUT2D eigenvalue weighted by molar-refractivity contribution is -0.141. The van der Waals surface area contributed by atoms with Crippen LogP contribution in [0.4, 0.5) is 4.79 Å². The highest BCUT2D eigenvalue weighted by molar-refractivity contribution is 7.09. The van der Waals surface area contributed by atoms with Crippen molar-refractivity contribution in [2.24, 2.45) is 5.92 Å². The van der Waals surface area contributed by atoms with Gasteiger partial charge in [0, 0.05) is 24.9 Å². The Morgan fingerprint density at radius 1 is 1.47 bits per heavy atom. The maximum absolute atomic E-state index is 11.4. The summed E-state index contributed by atoms with van der Waals surface area (Å²) in [7, 11) is 0. The molecule has 1 aromatic rings. The summed E-state index contributed by atoms with van der Waals surface area (Å²) in [5, 5.41) is 17.0. The Kier molecular flexibility index (Phi) is 6.27. The molecule has 0 radical (unpaired) electrons. The van der Waals surface area contributed by atoms with Crippen LogP contribution in [0, 0.1) is 12.8 Å². The van der Waals surface area contributed by atoms with Crippen molar-refractivity contribution in [3.05, 3.63) is 16.1 Å². The fourth-order valence-electron chi connectivity index (χ4n) is 1.51. The maximum atomic E-state index is 11.4. The molecule has 0 aliphatic carbocycles. The van der Waals surface area contributed by atoms with Gasteiger partial charge in [0.15, 0.2) is 0 Å². The van der Waals surface area contributed by atoms with Crippen LogP contribution >= 0.6 is 11.3 Å². The van der Waals surface area contributed by atoms with E-state index in [9.17, 15) is 9.59 Å². The molecule has 1 unspecified atom stereocenters. The highest BCUT2D eigenvalue weighted by Gasteiger charge is 2.15. The molecule has 0 aliphatic heterocycles. The third kappa shape index (κ3) is 5.69. The second-order valence-electron chi connectivity index (χ2n) is 4.19. The molecule has 3 N–H and O–H groups in total. The number of hydrogen-bond donors (Lipinski definition) is 3. The predicted octanol–water partition coefficient (Wildman–Crippen LogP) is 1.40. The lowest BCUT2D eigenvalue weighted by atomic mass is 10.1. The number of carboxylic acid groups (broad SMARTS) is 1. The standard InChI is InChI=1S/C12H19N3O3S/c1-3-9(11(16)17)6-14-12(18)13-5-4-10-7-19-8(2)15-10/h7,9H,3-6H2,1-2H3,(H,16,17)(H2,13,14,18). The van der Waals surface area contributed by atoms with Gasteiger partial charge in [0.25, 0.3) is 0 Å². The van der Waals surface area contributed by atoms with E-state index in [0.29, 0.717) is 19.4 Å². The Hall–Kier alpha value is -1.63. The Balaban J connectivity index is 2.19. The van der Waals surface area contributed by atoms with E-state index in [1.807, 2.05) is 12.3 Å². The van der Waals surface area contributed by atoms with Crippen molar-refractivity contribution in [1.82, 2.24) is 15.6 Å². The molecule has 2 amide bonds. The molecule has 1 heterocycles. The fourth-order valence-corrected chi connectivity index (χ4v) is 2.16. The largest absolute Gasteiger partial charge is 0.481 e. The first-order chi connectivity index (χ1) is 9.02. The van der Waals surface area contributed by atoms with E-state index in [4.69, 9.17) is 5.11 Å². The maximum Gasteiger partial charge on any atom is 0.314 e. The van der Waals surface area contributed by atoms with Gasteiger partial charge < -0.3 is 15.7 Å². The fraction of sp³-hybridized carbons (Fsp3) is 0.583. The average Bonchev–Trinajstić information content (AvgIpc) is 2.75. The van der Waals surface area contributed by atoms with Crippen molar-refractivity contribution in [3.63, 3.8) is 0 Å². The minimum absolute atomic E-state index is 0.146. The molecular weight excluding hydrogens is 266 g/mol. The molecule has 6 nitrogen and oxygen atoms in total. The number of aromatic nitrogens is 1. The lowest BCUT2D eigenvalue weighted by Crippen LogP contribution is -2.40. The normalized spacial score (nSPS) is 11.9. The van der Waals surface area contributed by atoms with Crippen molar-refractivity contribution >= 4 is 23.3 Å². The summed E-state index contributed by atoms with van der Waals surface area (Å²) in [6.45, 7) is 4.35. The second kappa shape index (κ2) is 7.73. The highest BCUT2D eigenvalue weighted by Crippen LogP contribution is 2.07. The lowest BCUT2D eigenvalue weighted by Gasteiger charge is -2.11. The SMILES string of the molecule is CCC(CNC(=O)NCCc1csc(C)n1)C(=O)O. The van der Waals surface area contributed by atoms with E-state index in [-0.39, 0.29) is 12.6 Å². The number of thiazole rings is 1. The second-order valence-corrected chi connectivity index (χ2v) is 5.25. The minimum Gasteiger partial charge on any atom is -0.481 e. The Bertz CT molecular complexity index is 434. The summed E-state index contributed by atoms with van der Waals surface area (Å²) >= 11 is 1.58. The van der Waals surface area contributed by atoms with E-state index in [2.05, 4.69) is 15.6 Å². The van der Waals surface area contributed by atoms with Crippen LogP contribution < -0.4 is 10.6 Å². The molecule has 0 saturated carbocycles. The van der Waals surface area contributed by atoms with Gasteiger partial charge in [-0.15, -0.1) is 11.3 Å². The summed E-state index contributed by atoms with van der Waals surface area (Å²) in [6, 6.07) is -0.341. The summed E-state index contributed by atoms with van der Waals surface area (Å²) in [4.78, 5) is 26.5. The molecule has 0 aliphatic rings. The van der Waals surface area contributed by atoms with Crippen molar-refractivity contribution in [2.45, 2.75) is 26.7 Å². The van der Waals surface area contributed by atoms with Crippen LogP contribution in [-0.2, 0) is 11.2 Å². The molecule has 1 atom stereocenters. The number of amides is 2. The Labute approximate surface area is 116 Å². The number of nitrogens with one attached hydrogen (secondary N) is 2. The number of aryl methyl sites for hydroxylation is 1. The Morgan fingerprint density at radius 2 is 2.21 bits per heavy atom. The summed E-state index contributed by atoms with van der Waals surface area (Å²) in [6.07, 6.45) is 1.17. The molecule has 19 heavy (non-hydrogen) atoms. The van der Waals surface area contributed by atoms with E-state index in [1.165, 1.54) is 0 Å². The molecular formula is C12H19N3O3S. The van der Waals surface area contributed by atoms with Gasteiger partial charge in [-0.3, -0.25) is 4.79 Å². The number of carbonyl (C=O) groups is 2. The molecule has 0 saturated heterocycles. The minimum atomic E-state index is -0.888. The van der Waals surface area contributed by atoms with E-state index >= 15 is 0 Å². The molecule has 106 valence electrons. The van der Waals surface area contributed by atoms with Crippen molar-refractivity contribution in [1.29, 1.82) is 0 Å². The number of urea groups is 1. The zero-order chi connectivity index (χ0) is 14.3. The van der Waals surface area contributed by atoms with Crippen molar-refractivity contribution < 1.29 is 14.7 Å². The van der Waals surface area contributed by atoms with Gasteiger partial charge in [-0.1, -0.05) is 6.92 Å². The predicted molar refractivity (Wildman–Crippen MR) is 73.4 cm³/mol. The first kappa shape index (κ1) is 15.4. The van der Waals surface area contributed by atoms with E-state index in [1.54, 1.807) is 18.3 Å². The quantitative estimate of drug-likeness (QED) is 0.706. The monoisotopic (exact) mass is 285 g/mol. The van der Waals surface area contributed by atoms with E-state index in [0.717, 1.165) is 10.7 Å². The number of nitrogens with zero attached hydrogens (tertiary/aromatic N) is 1. The summed E-state index contributed by atoms with van der Waals surface area (Å²) < 4.78 is 0. The van der Waals surface area contributed by atoms with Gasteiger partial charge in [-0.25, -0.2) is 9.78 Å². The van der Waals surface area contributed by atoms with Crippen LogP contribution in [0.25, 0.3) is 0 Å². The third-order valence-corrected chi connectivity index (χ3v) is 3.51. The highest BCUT2D eigenvalue weighted by atomic mass is 32.1. The van der Waals surface area contributed by atoms with Crippen molar-refractivity contribution in [3.8, 4) is 0 Å². The smallest absolute Gasteiger partial charge is 0.314 e. The third-order valence-electron chi connectivity index (χ3n) is 2.68.